The van der Waals surface area contributed by atoms with Crippen LogP contribution in [0.1, 0.15) is 54.3 Å². The second-order valence-electron chi connectivity index (χ2n) is 5.39. The van der Waals surface area contributed by atoms with Gasteiger partial charge < -0.3 is 10.6 Å². The second-order valence-corrected chi connectivity index (χ2v) is 5.39. The molecule has 0 radical (unpaired) electrons. The zero-order valence-corrected chi connectivity index (χ0v) is 10.8. The number of H-pyrrole nitrogens is 1. The molecule has 102 valence electrons. The van der Waals surface area contributed by atoms with Gasteiger partial charge in [-0.1, -0.05) is 0 Å². The molecule has 1 saturated carbocycles. The van der Waals surface area contributed by atoms with Crippen molar-refractivity contribution in [3.05, 3.63) is 17.5 Å². The van der Waals surface area contributed by atoms with Crippen LogP contribution >= 0.6 is 0 Å². The van der Waals surface area contributed by atoms with Gasteiger partial charge in [0.2, 0.25) is 5.91 Å². The number of hydrogen-bond donors (Lipinski definition) is 2. The van der Waals surface area contributed by atoms with Crippen molar-refractivity contribution in [3.63, 3.8) is 0 Å². The molecule has 0 bridgehead atoms. The first-order valence-electron chi connectivity index (χ1n) is 6.82. The van der Waals surface area contributed by atoms with Crippen LogP contribution in [0.4, 0.5) is 0 Å². The Morgan fingerprint density at radius 1 is 1.32 bits per heavy atom. The van der Waals surface area contributed by atoms with E-state index in [4.69, 9.17) is 5.73 Å². The van der Waals surface area contributed by atoms with Crippen LogP contribution in [0.3, 0.4) is 0 Å². The van der Waals surface area contributed by atoms with Gasteiger partial charge in [-0.25, -0.2) is 0 Å². The molecule has 2 amide bonds. The van der Waals surface area contributed by atoms with Gasteiger partial charge in [-0.05, 0) is 38.2 Å². The maximum absolute atomic E-state index is 12.3. The first kappa shape index (κ1) is 12.2. The standard InChI is InChI=1S/C13H18N4O2/c14-12(18)10-7-9(15-16-10)11-3-1-2-6-17(11)13(19)8-4-5-8/h7-8,11H,1-6H2,(H2,14,18)(H,15,16). The lowest BCUT2D eigenvalue weighted by molar-refractivity contribution is -0.136. The van der Waals surface area contributed by atoms with Crippen molar-refractivity contribution in [1.29, 1.82) is 0 Å². The molecule has 2 aliphatic rings. The summed E-state index contributed by atoms with van der Waals surface area (Å²) in [5.41, 5.74) is 6.26. The van der Waals surface area contributed by atoms with Crippen molar-refractivity contribution in [2.45, 2.75) is 38.1 Å². The van der Waals surface area contributed by atoms with Crippen LogP contribution in [0.2, 0.25) is 0 Å². The van der Waals surface area contributed by atoms with Gasteiger partial charge >= 0.3 is 0 Å². The first-order valence-corrected chi connectivity index (χ1v) is 6.82. The van der Waals surface area contributed by atoms with Crippen LogP contribution in [0.15, 0.2) is 6.07 Å². The summed E-state index contributed by atoms with van der Waals surface area (Å²) in [5.74, 6) is -0.0718. The summed E-state index contributed by atoms with van der Waals surface area (Å²) < 4.78 is 0. The average molecular weight is 262 g/mol. The lowest BCUT2D eigenvalue weighted by atomic mass is 9.98. The number of carbonyl (C=O) groups excluding carboxylic acids is 2. The van der Waals surface area contributed by atoms with Crippen molar-refractivity contribution in [1.82, 2.24) is 15.1 Å². The van der Waals surface area contributed by atoms with Gasteiger partial charge in [0.25, 0.3) is 5.91 Å². The monoisotopic (exact) mass is 262 g/mol. The Bertz CT molecular complexity index is 506. The number of rotatable bonds is 3. The van der Waals surface area contributed by atoms with E-state index in [9.17, 15) is 9.59 Å². The predicted molar refractivity (Wildman–Crippen MR) is 68.1 cm³/mol. The number of nitrogens with two attached hydrogens (primary N) is 1. The maximum Gasteiger partial charge on any atom is 0.269 e. The van der Waals surface area contributed by atoms with E-state index >= 15 is 0 Å². The highest BCUT2D eigenvalue weighted by molar-refractivity contribution is 5.90. The number of aromatic nitrogens is 2. The number of piperidine rings is 1. The molecule has 0 spiro atoms. The second kappa shape index (κ2) is 4.68. The van der Waals surface area contributed by atoms with Gasteiger partial charge in [-0.15, -0.1) is 0 Å². The SMILES string of the molecule is NC(=O)c1cc(C2CCCCN2C(=O)C2CC2)[nH]n1. The fourth-order valence-corrected chi connectivity index (χ4v) is 2.72. The fourth-order valence-electron chi connectivity index (χ4n) is 2.72. The molecule has 6 nitrogen and oxygen atoms in total. The van der Waals surface area contributed by atoms with Gasteiger partial charge in [0.15, 0.2) is 0 Å². The lowest BCUT2D eigenvalue weighted by Crippen LogP contribution is -2.39. The molecule has 3 rings (SSSR count). The van der Waals surface area contributed by atoms with Crippen LogP contribution in [-0.4, -0.2) is 33.5 Å². The Labute approximate surface area is 111 Å². The number of carbonyl (C=O) groups is 2. The molecule has 1 unspecified atom stereocenters. The molecule has 1 aromatic rings. The molecule has 1 aliphatic carbocycles. The molecule has 2 heterocycles. The molecule has 0 aromatic carbocycles. The number of amides is 2. The van der Waals surface area contributed by atoms with Crippen LogP contribution in [0, 0.1) is 5.92 Å². The normalized spacial score (nSPS) is 23.4. The molecule has 1 aliphatic heterocycles. The Balaban J connectivity index is 1.82. The van der Waals surface area contributed by atoms with Crippen molar-refractivity contribution >= 4 is 11.8 Å². The van der Waals surface area contributed by atoms with E-state index in [1.54, 1.807) is 6.07 Å². The summed E-state index contributed by atoms with van der Waals surface area (Å²) in [7, 11) is 0. The molecular formula is C13H18N4O2. The zero-order chi connectivity index (χ0) is 13.4. The predicted octanol–water partition coefficient (Wildman–Crippen LogP) is 0.972. The number of hydrogen-bond acceptors (Lipinski definition) is 3. The number of primary amides is 1. The molecule has 2 fully saturated rings. The smallest absolute Gasteiger partial charge is 0.269 e. The lowest BCUT2D eigenvalue weighted by Gasteiger charge is -2.35. The molecule has 1 saturated heterocycles. The van der Waals surface area contributed by atoms with Crippen molar-refractivity contribution in [3.8, 4) is 0 Å². The molecule has 6 heteroatoms. The van der Waals surface area contributed by atoms with Gasteiger partial charge in [-0.3, -0.25) is 14.7 Å². The third-order valence-corrected chi connectivity index (χ3v) is 3.92. The van der Waals surface area contributed by atoms with E-state index in [1.807, 2.05) is 4.90 Å². The Kier molecular flexibility index (Phi) is 3.00. The number of nitrogens with one attached hydrogen (secondary N) is 1. The van der Waals surface area contributed by atoms with Crippen LogP contribution < -0.4 is 5.73 Å². The van der Waals surface area contributed by atoms with Gasteiger partial charge in [0.05, 0.1) is 11.7 Å². The minimum Gasteiger partial charge on any atom is -0.364 e. The quantitative estimate of drug-likeness (QED) is 0.850. The molecule has 3 N–H and O–H groups in total. The number of aromatic amines is 1. The molecule has 1 atom stereocenters. The summed E-state index contributed by atoms with van der Waals surface area (Å²) in [4.78, 5) is 25.3. The van der Waals surface area contributed by atoms with E-state index in [1.165, 1.54) is 0 Å². The Morgan fingerprint density at radius 3 is 2.74 bits per heavy atom. The first-order chi connectivity index (χ1) is 9.16. The van der Waals surface area contributed by atoms with Crippen molar-refractivity contribution in [2.24, 2.45) is 11.7 Å². The molecule has 19 heavy (non-hydrogen) atoms. The van der Waals surface area contributed by atoms with E-state index in [0.717, 1.165) is 44.3 Å². The highest BCUT2D eigenvalue weighted by Crippen LogP contribution is 2.37. The summed E-state index contributed by atoms with van der Waals surface area (Å²) in [6.45, 7) is 0.797. The van der Waals surface area contributed by atoms with Gasteiger partial charge in [0, 0.05) is 12.5 Å². The number of nitrogens with zero attached hydrogens (tertiary/aromatic N) is 2. The van der Waals surface area contributed by atoms with E-state index in [0.29, 0.717) is 0 Å². The largest absolute Gasteiger partial charge is 0.364 e. The minimum absolute atomic E-state index is 0.0162. The third kappa shape index (κ3) is 2.34. The highest BCUT2D eigenvalue weighted by Gasteiger charge is 2.38. The average Bonchev–Trinajstić information content (AvgIpc) is 3.14. The Hall–Kier alpha value is -1.85. The van der Waals surface area contributed by atoms with Gasteiger partial charge in [0.1, 0.15) is 5.69 Å². The van der Waals surface area contributed by atoms with Crippen molar-refractivity contribution in [2.75, 3.05) is 6.54 Å². The van der Waals surface area contributed by atoms with E-state index in [-0.39, 0.29) is 23.6 Å². The van der Waals surface area contributed by atoms with Crippen LogP contribution in [0.25, 0.3) is 0 Å². The molecular weight excluding hydrogens is 244 g/mol. The third-order valence-electron chi connectivity index (χ3n) is 3.92. The Morgan fingerprint density at radius 2 is 2.11 bits per heavy atom. The highest BCUT2D eigenvalue weighted by atomic mass is 16.2. The van der Waals surface area contributed by atoms with Crippen molar-refractivity contribution < 1.29 is 9.59 Å². The zero-order valence-electron chi connectivity index (χ0n) is 10.8. The summed E-state index contributed by atoms with van der Waals surface area (Å²) >= 11 is 0. The van der Waals surface area contributed by atoms with Crippen LogP contribution in [0.5, 0.6) is 0 Å². The van der Waals surface area contributed by atoms with Gasteiger partial charge in [-0.2, -0.15) is 5.10 Å². The van der Waals surface area contributed by atoms with E-state index in [2.05, 4.69) is 10.2 Å². The van der Waals surface area contributed by atoms with E-state index < -0.39 is 5.91 Å². The summed E-state index contributed by atoms with van der Waals surface area (Å²) in [6.07, 6.45) is 5.07. The maximum atomic E-state index is 12.3. The molecule has 1 aromatic heterocycles. The van der Waals surface area contributed by atoms with Crippen LogP contribution in [-0.2, 0) is 4.79 Å². The minimum atomic E-state index is -0.543. The fraction of sp³-hybridized carbons (Fsp3) is 0.615. The summed E-state index contributed by atoms with van der Waals surface area (Å²) in [6, 6.07) is 1.69. The number of likely N-dealkylation sites (tertiary alicyclic amines) is 1. The topological polar surface area (TPSA) is 92.1 Å². The summed E-state index contributed by atoms with van der Waals surface area (Å²) in [5, 5.41) is 6.76.